The number of H-pyrrole nitrogens is 1. The monoisotopic (exact) mass is 338 g/mol. The lowest BCUT2D eigenvalue weighted by Crippen LogP contribution is -2.49. The van der Waals surface area contributed by atoms with Gasteiger partial charge in [0.2, 0.25) is 5.91 Å². The number of carbonyl (C=O) groups is 1. The molecule has 1 saturated heterocycles. The van der Waals surface area contributed by atoms with Gasteiger partial charge in [-0.1, -0.05) is 29.3 Å². The van der Waals surface area contributed by atoms with Gasteiger partial charge in [-0.15, -0.1) is 0 Å². The Morgan fingerprint density at radius 3 is 2.41 bits per heavy atom. The third kappa shape index (κ3) is 3.20. The van der Waals surface area contributed by atoms with Crippen LogP contribution in [0.4, 0.5) is 5.69 Å². The third-order valence-corrected chi connectivity index (χ3v) is 4.40. The average molecular weight is 339 g/mol. The summed E-state index contributed by atoms with van der Waals surface area (Å²) in [6.07, 6.45) is 2.01. The smallest absolute Gasteiger partial charge is 0.228 e. The second-order valence-electron chi connectivity index (χ2n) is 5.20. The second kappa shape index (κ2) is 6.58. The number of rotatable bonds is 3. The Morgan fingerprint density at radius 1 is 1.14 bits per heavy atom. The first-order valence-electron chi connectivity index (χ1n) is 7.10. The molecule has 7 heteroatoms. The molecule has 2 aromatic rings. The average Bonchev–Trinajstić information content (AvgIpc) is 3.00. The lowest BCUT2D eigenvalue weighted by atomic mass is 10.2. The summed E-state index contributed by atoms with van der Waals surface area (Å²) in [5.41, 5.74) is 1.69. The normalized spacial score (nSPS) is 15.2. The fourth-order valence-corrected chi connectivity index (χ4v) is 3.26. The molecule has 0 unspecified atom stereocenters. The minimum atomic E-state index is 0.106. The van der Waals surface area contributed by atoms with Crippen molar-refractivity contribution in [3.63, 3.8) is 0 Å². The lowest BCUT2D eigenvalue weighted by molar-refractivity contribution is -0.130. The molecule has 0 aliphatic carbocycles. The minimum Gasteiger partial charge on any atom is -0.366 e. The molecule has 0 spiro atoms. The van der Waals surface area contributed by atoms with Crippen LogP contribution in [0.3, 0.4) is 0 Å². The Balaban J connectivity index is 1.62. The molecule has 1 fully saturated rings. The van der Waals surface area contributed by atoms with Crippen LogP contribution in [0, 0.1) is 0 Å². The maximum absolute atomic E-state index is 12.3. The molecular weight excluding hydrogens is 323 g/mol. The summed E-state index contributed by atoms with van der Waals surface area (Å²) in [6, 6.07) is 7.31. The van der Waals surface area contributed by atoms with E-state index in [0.717, 1.165) is 24.5 Å². The molecule has 22 heavy (non-hydrogen) atoms. The summed E-state index contributed by atoms with van der Waals surface area (Å²) in [4.78, 5) is 16.2. The number of hydrogen-bond donors (Lipinski definition) is 1. The fraction of sp³-hybridized carbons (Fsp3) is 0.333. The van der Waals surface area contributed by atoms with Crippen molar-refractivity contribution in [3.05, 3.63) is 46.2 Å². The zero-order valence-electron chi connectivity index (χ0n) is 11.9. The molecule has 116 valence electrons. The van der Waals surface area contributed by atoms with Crippen molar-refractivity contribution in [1.29, 1.82) is 0 Å². The van der Waals surface area contributed by atoms with E-state index in [2.05, 4.69) is 15.1 Å². The molecule has 0 radical (unpaired) electrons. The van der Waals surface area contributed by atoms with Crippen LogP contribution in [-0.4, -0.2) is 47.2 Å². The van der Waals surface area contributed by atoms with E-state index in [1.54, 1.807) is 6.20 Å². The molecule has 1 aliphatic rings. The number of aromatic nitrogens is 2. The summed E-state index contributed by atoms with van der Waals surface area (Å²) in [7, 11) is 0. The molecule has 2 heterocycles. The Labute approximate surface area is 138 Å². The van der Waals surface area contributed by atoms with Gasteiger partial charge in [0.1, 0.15) is 0 Å². The number of nitrogens with one attached hydrogen (secondary N) is 1. The topological polar surface area (TPSA) is 52.2 Å². The van der Waals surface area contributed by atoms with Gasteiger partial charge >= 0.3 is 0 Å². The Bertz CT molecular complexity index is 631. The predicted molar refractivity (Wildman–Crippen MR) is 87.5 cm³/mol. The minimum absolute atomic E-state index is 0.106. The standard InChI is InChI=1S/C15H16Cl2N4O/c16-12-2-1-3-13(17)15(12)21-8-6-20(7-9-21)14(22)10-11-4-5-18-19-11/h1-5H,6-10H2,(H,18,19). The van der Waals surface area contributed by atoms with Gasteiger partial charge in [0.25, 0.3) is 0 Å². The molecule has 1 amide bonds. The van der Waals surface area contributed by atoms with Crippen molar-refractivity contribution >= 4 is 34.8 Å². The number of anilines is 1. The first-order chi connectivity index (χ1) is 10.6. The van der Waals surface area contributed by atoms with E-state index in [1.165, 1.54) is 0 Å². The number of benzene rings is 1. The van der Waals surface area contributed by atoms with Crippen LogP contribution in [-0.2, 0) is 11.2 Å². The van der Waals surface area contributed by atoms with Crippen molar-refractivity contribution in [3.8, 4) is 0 Å². The molecule has 1 aromatic heterocycles. The molecule has 1 aliphatic heterocycles. The first kappa shape index (κ1) is 15.2. The van der Waals surface area contributed by atoms with E-state index in [0.29, 0.717) is 29.6 Å². The number of amides is 1. The van der Waals surface area contributed by atoms with Crippen LogP contribution in [0.5, 0.6) is 0 Å². The SMILES string of the molecule is O=C(Cc1ccn[nH]1)N1CCN(c2c(Cl)cccc2Cl)CC1. The molecule has 0 saturated carbocycles. The van der Waals surface area contributed by atoms with Crippen molar-refractivity contribution in [2.24, 2.45) is 0 Å². The Morgan fingerprint density at radius 2 is 1.82 bits per heavy atom. The zero-order valence-corrected chi connectivity index (χ0v) is 13.4. The highest BCUT2D eigenvalue weighted by Gasteiger charge is 2.23. The highest BCUT2D eigenvalue weighted by Crippen LogP contribution is 2.33. The van der Waals surface area contributed by atoms with Gasteiger partial charge in [-0.2, -0.15) is 5.10 Å². The zero-order chi connectivity index (χ0) is 15.5. The van der Waals surface area contributed by atoms with Crippen molar-refractivity contribution in [2.75, 3.05) is 31.1 Å². The van der Waals surface area contributed by atoms with Crippen molar-refractivity contribution in [2.45, 2.75) is 6.42 Å². The molecule has 1 aromatic carbocycles. The lowest BCUT2D eigenvalue weighted by Gasteiger charge is -2.36. The highest BCUT2D eigenvalue weighted by molar-refractivity contribution is 6.39. The molecular formula is C15H16Cl2N4O. The van der Waals surface area contributed by atoms with Gasteiger partial charge in [0.15, 0.2) is 0 Å². The number of para-hydroxylation sites is 1. The molecule has 1 N–H and O–H groups in total. The first-order valence-corrected chi connectivity index (χ1v) is 7.86. The van der Waals surface area contributed by atoms with Crippen LogP contribution < -0.4 is 4.90 Å². The van der Waals surface area contributed by atoms with Crippen LogP contribution in [0.1, 0.15) is 5.69 Å². The van der Waals surface area contributed by atoms with E-state index in [4.69, 9.17) is 23.2 Å². The fourth-order valence-electron chi connectivity index (χ4n) is 2.63. The van der Waals surface area contributed by atoms with E-state index >= 15 is 0 Å². The van der Waals surface area contributed by atoms with Crippen LogP contribution >= 0.6 is 23.2 Å². The summed E-state index contributed by atoms with van der Waals surface area (Å²) in [6.45, 7) is 2.76. The number of halogens is 2. The summed E-state index contributed by atoms with van der Waals surface area (Å²) < 4.78 is 0. The number of piperazine rings is 1. The maximum atomic E-state index is 12.3. The summed E-state index contributed by atoms with van der Waals surface area (Å²) in [5.74, 6) is 0.106. The van der Waals surface area contributed by atoms with Gasteiger partial charge in [-0.05, 0) is 18.2 Å². The van der Waals surface area contributed by atoms with E-state index in [1.807, 2.05) is 29.2 Å². The third-order valence-electron chi connectivity index (χ3n) is 3.79. The number of hydrogen-bond acceptors (Lipinski definition) is 3. The molecule has 0 bridgehead atoms. The van der Waals surface area contributed by atoms with Crippen LogP contribution in [0.2, 0.25) is 10.0 Å². The number of nitrogens with zero attached hydrogens (tertiary/aromatic N) is 3. The quantitative estimate of drug-likeness (QED) is 0.935. The van der Waals surface area contributed by atoms with E-state index < -0.39 is 0 Å². The van der Waals surface area contributed by atoms with Gasteiger partial charge in [0.05, 0.1) is 22.2 Å². The maximum Gasteiger partial charge on any atom is 0.228 e. The van der Waals surface area contributed by atoms with E-state index in [-0.39, 0.29) is 5.91 Å². The predicted octanol–water partition coefficient (Wildman–Crippen LogP) is 2.61. The van der Waals surface area contributed by atoms with Crippen molar-refractivity contribution in [1.82, 2.24) is 15.1 Å². The number of aromatic amines is 1. The molecule has 5 nitrogen and oxygen atoms in total. The van der Waals surface area contributed by atoms with Gasteiger partial charge in [0, 0.05) is 38.1 Å². The van der Waals surface area contributed by atoms with E-state index in [9.17, 15) is 4.79 Å². The highest BCUT2D eigenvalue weighted by atomic mass is 35.5. The van der Waals surface area contributed by atoms with Crippen LogP contribution in [0.25, 0.3) is 0 Å². The molecule has 3 rings (SSSR count). The second-order valence-corrected chi connectivity index (χ2v) is 6.01. The van der Waals surface area contributed by atoms with Crippen molar-refractivity contribution < 1.29 is 4.79 Å². The van der Waals surface area contributed by atoms with Gasteiger partial charge in [-0.25, -0.2) is 0 Å². The molecule has 0 atom stereocenters. The van der Waals surface area contributed by atoms with Gasteiger partial charge in [-0.3, -0.25) is 9.89 Å². The summed E-state index contributed by atoms with van der Waals surface area (Å²) >= 11 is 12.5. The Hall–Kier alpha value is -1.72. The largest absolute Gasteiger partial charge is 0.366 e. The number of carbonyl (C=O) groups excluding carboxylic acids is 1. The van der Waals surface area contributed by atoms with Gasteiger partial charge < -0.3 is 9.80 Å². The Kier molecular flexibility index (Phi) is 4.55. The van der Waals surface area contributed by atoms with Crippen LogP contribution in [0.15, 0.2) is 30.5 Å². The summed E-state index contributed by atoms with van der Waals surface area (Å²) in [5, 5.41) is 7.96.